The number of hydrogen-bond acceptors (Lipinski definition) is 5. The number of aliphatic hydroxyl groups is 1. The van der Waals surface area contributed by atoms with Crippen molar-refractivity contribution in [2.75, 3.05) is 25.2 Å². The van der Waals surface area contributed by atoms with Crippen LogP contribution in [0.5, 0.6) is 5.75 Å². The zero-order valence-electron chi connectivity index (χ0n) is 12.6. The molecule has 1 saturated heterocycles. The maximum atomic E-state index is 12.1. The van der Waals surface area contributed by atoms with Gasteiger partial charge in [0.25, 0.3) is 0 Å². The SMILES string of the molecule is COc1ccc(N2CC(C(=O)NC(CO)C(=O)O)CC2=O)cc1. The zero-order chi connectivity index (χ0) is 17.0. The number of methoxy groups -OCH3 is 1. The fraction of sp³-hybridized carbons (Fsp3) is 0.400. The fourth-order valence-corrected chi connectivity index (χ4v) is 2.37. The number of aliphatic carboxylic acids is 1. The number of hydrogen-bond donors (Lipinski definition) is 3. The van der Waals surface area contributed by atoms with Gasteiger partial charge in [0.2, 0.25) is 11.8 Å². The molecule has 1 aromatic rings. The second kappa shape index (κ2) is 7.10. The lowest BCUT2D eigenvalue weighted by Gasteiger charge is -2.18. The van der Waals surface area contributed by atoms with Crippen molar-refractivity contribution in [3.63, 3.8) is 0 Å². The molecule has 2 rings (SSSR count). The third kappa shape index (κ3) is 3.78. The summed E-state index contributed by atoms with van der Waals surface area (Å²) in [5.74, 6) is -2.10. The molecule has 1 fully saturated rings. The van der Waals surface area contributed by atoms with E-state index in [2.05, 4.69) is 5.32 Å². The van der Waals surface area contributed by atoms with Crippen LogP contribution < -0.4 is 15.0 Å². The average Bonchev–Trinajstić information content (AvgIpc) is 2.94. The lowest BCUT2D eigenvalue weighted by atomic mass is 10.1. The van der Waals surface area contributed by atoms with Gasteiger partial charge in [-0.05, 0) is 24.3 Å². The fourth-order valence-electron chi connectivity index (χ4n) is 2.37. The first-order valence-corrected chi connectivity index (χ1v) is 7.04. The summed E-state index contributed by atoms with van der Waals surface area (Å²) < 4.78 is 5.05. The first kappa shape index (κ1) is 16.8. The van der Waals surface area contributed by atoms with E-state index in [0.717, 1.165) is 0 Å². The van der Waals surface area contributed by atoms with Crippen LogP contribution in [0.3, 0.4) is 0 Å². The van der Waals surface area contributed by atoms with Gasteiger partial charge in [0.15, 0.2) is 0 Å². The Balaban J connectivity index is 2.03. The van der Waals surface area contributed by atoms with Gasteiger partial charge in [0, 0.05) is 18.7 Å². The Morgan fingerprint density at radius 3 is 2.57 bits per heavy atom. The van der Waals surface area contributed by atoms with E-state index in [4.69, 9.17) is 14.9 Å². The Hall–Kier alpha value is -2.61. The normalized spacial score (nSPS) is 18.6. The zero-order valence-corrected chi connectivity index (χ0v) is 12.6. The summed E-state index contributed by atoms with van der Waals surface area (Å²) in [4.78, 5) is 36.4. The number of carbonyl (C=O) groups is 3. The number of benzene rings is 1. The first-order chi connectivity index (χ1) is 11.0. The summed E-state index contributed by atoms with van der Waals surface area (Å²) in [6.07, 6.45) is -0.00434. The third-order valence-corrected chi connectivity index (χ3v) is 3.68. The standard InChI is InChI=1S/C15H18N2O6/c1-23-11-4-2-10(3-5-11)17-7-9(6-13(17)19)14(20)16-12(8-18)15(21)22/h2-5,9,12,18H,6-8H2,1H3,(H,16,20)(H,21,22). The van der Waals surface area contributed by atoms with Crippen molar-refractivity contribution in [2.24, 2.45) is 5.92 Å². The highest BCUT2D eigenvalue weighted by atomic mass is 16.5. The molecule has 0 saturated carbocycles. The second-order valence-corrected chi connectivity index (χ2v) is 5.19. The number of aliphatic hydroxyl groups excluding tert-OH is 1. The molecule has 8 nitrogen and oxygen atoms in total. The summed E-state index contributed by atoms with van der Waals surface area (Å²) in [6, 6.07) is 5.48. The van der Waals surface area contributed by atoms with Gasteiger partial charge in [-0.15, -0.1) is 0 Å². The molecule has 23 heavy (non-hydrogen) atoms. The van der Waals surface area contributed by atoms with Crippen molar-refractivity contribution < 1.29 is 29.3 Å². The van der Waals surface area contributed by atoms with E-state index in [0.29, 0.717) is 11.4 Å². The number of rotatable bonds is 6. The van der Waals surface area contributed by atoms with Crippen molar-refractivity contribution in [1.82, 2.24) is 5.32 Å². The highest BCUT2D eigenvalue weighted by molar-refractivity contribution is 6.00. The number of amides is 2. The van der Waals surface area contributed by atoms with Gasteiger partial charge in [-0.3, -0.25) is 9.59 Å². The third-order valence-electron chi connectivity index (χ3n) is 3.68. The number of carboxylic acids is 1. The summed E-state index contributed by atoms with van der Waals surface area (Å²) in [5.41, 5.74) is 0.642. The molecule has 2 amide bonds. The van der Waals surface area contributed by atoms with Crippen LogP contribution in [0.2, 0.25) is 0 Å². The maximum absolute atomic E-state index is 12.1. The van der Waals surface area contributed by atoms with Crippen molar-refractivity contribution in [3.05, 3.63) is 24.3 Å². The van der Waals surface area contributed by atoms with Crippen LogP contribution in [0.1, 0.15) is 6.42 Å². The molecule has 2 unspecified atom stereocenters. The molecule has 1 heterocycles. The Bertz CT molecular complexity index is 600. The molecule has 3 N–H and O–H groups in total. The lowest BCUT2D eigenvalue weighted by molar-refractivity contribution is -0.143. The number of ether oxygens (including phenoxy) is 1. The first-order valence-electron chi connectivity index (χ1n) is 7.04. The van der Waals surface area contributed by atoms with Crippen LogP contribution in [0.15, 0.2) is 24.3 Å². The molecule has 1 aromatic carbocycles. The second-order valence-electron chi connectivity index (χ2n) is 5.19. The summed E-state index contributed by atoms with van der Waals surface area (Å²) in [5, 5.41) is 20.0. The van der Waals surface area contributed by atoms with E-state index in [1.54, 1.807) is 24.3 Å². The minimum Gasteiger partial charge on any atom is -0.497 e. The van der Waals surface area contributed by atoms with E-state index in [1.807, 2.05) is 0 Å². The predicted molar refractivity (Wildman–Crippen MR) is 80.1 cm³/mol. The Morgan fingerprint density at radius 1 is 1.39 bits per heavy atom. The number of nitrogens with one attached hydrogen (secondary N) is 1. The van der Waals surface area contributed by atoms with Crippen LogP contribution in [-0.4, -0.2) is 54.3 Å². The number of anilines is 1. The molecule has 0 aliphatic carbocycles. The van der Waals surface area contributed by atoms with Crippen molar-refractivity contribution in [1.29, 1.82) is 0 Å². The smallest absolute Gasteiger partial charge is 0.328 e. The summed E-state index contributed by atoms with van der Waals surface area (Å²) >= 11 is 0. The van der Waals surface area contributed by atoms with E-state index in [1.165, 1.54) is 12.0 Å². The molecular formula is C15H18N2O6. The summed E-state index contributed by atoms with van der Waals surface area (Å²) in [6.45, 7) is -0.543. The molecule has 8 heteroatoms. The van der Waals surface area contributed by atoms with Crippen LogP contribution in [0.4, 0.5) is 5.69 Å². The Labute approximate surface area is 132 Å². The summed E-state index contributed by atoms with van der Waals surface area (Å²) in [7, 11) is 1.54. The minimum absolute atomic E-state index is 0.00434. The number of carboxylic acid groups (broad SMARTS) is 1. The number of nitrogens with zero attached hydrogens (tertiary/aromatic N) is 1. The molecule has 1 aliphatic rings. The maximum Gasteiger partial charge on any atom is 0.328 e. The molecule has 0 spiro atoms. The molecule has 124 valence electrons. The van der Waals surface area contributed by atoms with Crippen LogP contribution >= 0.6 is 0 Å². The Kier molecular flexibility index (Phi) is 5.17. The van der Waals surface area contributed by atoms with E-state index in [-0.39, 0.29) is 18.9 Å². The molecular weight excluding hydrogens is 304 g/mol. The van der Waals surface area contributed by atoms with Crippen LogP contribution in [0, 0.1) is 5.92 Å². The molecule has 1 aliphatic heterocycles. The van der Waals surface area contributed by atoms with Gasteiger partial charge in [0.05, 0.1) is 19.6 Å². The van der Waals surface area contributed by atoms with Crippen LogP contribution in [-0.2, 0) is 14.4 Å². The van der Waals surface area contributed by atoms with Crippen molar-refractivity contribution in [2.45, 2.75) is 12.5 Å². The molecule has 0 radical (unpaired) electrons. The monoisotopic (exact) mass is 322 g/mol. The predicted octanol–water partition coefficient (Wildman–Crippen LogP) is -0.390. The van der Waals surface area contributed by atoms with Gasteiger partial charge in [-0.1, -0.05) is 0 Å². The van der Waals surface area contributed by atoms with Gasteiger partial charge >= 0.3 is 5.97 Å². The van der Waals surface area contributed by atoms with Crippen molar-refractivity contribution in [3.8, 4) is 5.75 Å². The van der Waals surface area contributed by atoms with E-state index < -0.39 is 30.4 Å². The average molecular weight is 322 g/mol. The van der Waals surface area contributed by atoms with E-state index >= 15 is 0 Å². The Morgan fingerprint density at radius 2 is 2.04 bits per heavy atom. The van der Waals surface area contributed by atoms with E-state index in [9.17, 15) is 14.4 Å². The van der Waals surface area contributed by atoms with Gasteiger partial charge in [0.1, 0.15) is 11.8 Å². The molecule has 0 aromatic heterocycles. The number of carbonyl (C=O) groups excluding carboxylic acids is 2. The van der Waals surface area contributed by atoms with Gasteiger partial charge in [-0.2, -0.15) is 0 Å². The minimum atomic E-state index is -1.37. The van der Waals surface area contributed by atoms with Gasteiger partial charge in [-0.25, -0.2) is 4.79 Å². The van der Waals surface area contributed by atoms with Crippen LogP contribution in [0.25, 0.3) is 0 Å². The quantitative estimate of drug-likeness (QED) is 0.657. The molecule has 0 bridgehead atoms. The van der Waals surface area contributed by atoms with Gasteiger partial charge < -0.3 is 25.2 Å². The highest BCUT2D eigenvalue weighted by Gasteiger charge is 2.36. The van der Waals surface area contributed by atoms with Crippen molar-refractivity contribution >= 4 is 23.5 Å². The topological polar surface area (TPSA) is 116 Å². The lowest BCUT2D eigenvalue weighted by Crippen LogP contribution is -2.46. The highest BCUT2D eigenvalue weighted by Crippen LogP contribution is 2.26. The molecule has 2 atom stereocenters. The largest absolute Gasteiger partial charge is 0.497 e.